The van der Waals surface area contributed by atoms with Gasteiger partial charge in [-0.1, -0.05) is 135 Å². The first-order valence-corrected chi connectivity index (χ1v) is 16.1. The highest BCUT2D eigenvalue weighted by Crippen LogP contribution is 2.13. The van der Waals surface area contributed by atoms with E-state index in [0.29, 0.717) is 26.4 Å². The van der Waals surface area contributed by atoms with Crippen molar-refractivity contribution in [1.29, 1.82) is 0 Å². The molecule has 0 fully saturated rings. The van der Waals surface area contributed by atoms with E-state index >= 15 is 0 Å². The first kappa shape index (κ1) is 45.8. The van der Waals surface area contributed by atoms with Crippen molar-refractivity contribution in [3.63, 3.8) is 0 Å². The zero-order valence-electron chi connectivity index (χ0n) is 27.1. The fourth-order valence-corrected chi connectivity index (χ4v) is 3.47. The topological polar surface area (TPSA) is 77.4 Å². The maximum atomic E-state index is 8.26. The van der Waals surface area contributed by atoms with Crippen LogP contribution in [0.3, 0.4) is 0 Å². The molecule has 0 aromatic heterocycles. The molecule has 0 atom stereocenters. The van der Waals surface area contributed by atoms with E-state index in [9.17, 15) is 0 Å². The Morgan fingerprint density at radius 2 is 0.800 bits per heavy atom. The normalized spacial score (nSPS) is 9.72. The second-order valence-corrected chi connectivity index (χ2v) is 9.27. The van der Waals surface area contributed by atoms with E-state index in [1.165, 1.54) is 103 Å². The Bertz CT molecular complexity index is 401. The third-order valence-electron chi connectivity index (χ3n) is 5.65. The van der Waals surface area contributed by atoms with Crippen molar-refractivity contribution in [1.82, 2.24) is 0 Å². The highest BCUT2D eigenvalue weighted by molar-refractivity contribution is 4.88. The summed E-state index contributed by atoms with van der Waals surface area (Å²) < 4.78 is 19.7. The van der Waals surface area contributed by atoms with Gasteiger partial charge in [0.25, 0.3) is 0 Å². The standard InChI is InChI=1S/C20H40O.C6H14O4.C4H10O.C4H6/c1-3-5-6-7-8-9-10-11-12-13-14-15-16-17-18-19-20-21-4-2;7-1-3-9-5-6-10-4-2-8;1-3-5-4-2;1-3-4-2/h4H,2-3,5-20H2,1H3;7-8H,1-6H2;3-4H2,1-2H3;3-4H,1-2H2. The zero-order valence-corrected chi connectivity index (χ0v) is 27.1. The van der Waals surface area contributed by atoms with E-state index in [0.717, 1.165) is 19.8 Å². The van der Waals surface area contributed by atoms with Crippen LogP contribution in [0.2, 0.25) is 0 Å². The molecule has 0 saturated heterocycles. The lowest BCUT2D eigenvalue weighted by molar-refractivity contribution is 0.0222. The van der Waals surface area contributed by atoms with Crippen LogP contribution in [0.5, 0.6) is 0 Å². The molecule has 0 bridgehead atoms. The molecule has 6 nitrogen and oxygen atoms in total. The predicted molar refractivity (Wildman–Crippen MR) is 174 cm³/mol. The molecule has 0 aliphatic heterocycles. The molecule has 40 heavy (non-hydrogen) atoms. The number of hydrogen-bond acceptors (Lipinski definition) is 6. The molecule has 0 saturated carbocycles. The van der Waals surface area contributed by atoms with Crippen LogP contribution in [0.4, 0.5) is 0 Å². The number of aliphatic hydroxyl groups is 2. The van der Waals surface area contributed by atoms with E-state index < -0.39 is 0 Å². The van der Waals surface area contributed by atoms with Gasteiger partial charge in [-0.05, 0) is 20.3 Å². The fourth-order valence-electron chi connectivity index (χ4n) is 3.47. The van der Waals surface area contributed by atoms with Gasteiger partial charge in [-0.25, -0.2) is 0 Å². The summed E-state index contributed by atoms with van der Waals surface area (Å²) in [5.74, 6) is 0. The molecule has 0 radical (unpaired) electrons. The minimum Gasteiger partial charge on any atom is -0.502 e. The molecule has 0 aromatic carbocycles. The summed E-state index contributed by atoms with van der Waals surface area (Å²) in [6.07, 6.45) is 27.5. The van der Waals surface area contributed by atoms with Gasteiger partial charge in [0.1, 0.15) is 0 Å². The van der Waals surface area contributed by atoms with Crippen LogP contribution in [0.1, 0.15) is 124 Å². The lowest BCUT2D eigenvalue weighted by atomic mass is 10.0. The minimum absolute atomic E-state index is 0.0417. The molecule has 6 heteroatoms. The second kappa shape index (κ2) is 54.0. The quantitative estimate of drug-likeness (QED) is 0.0552. The van der Waals surface area contributed by atoms with Crippen molar-refractivity contribution in [3.8, 4) is 0 Å². The van der Waals surface area contributed by atoms with E-state index in [2.05, 4.69) is 26.7 Å². The average molecular weight is 575 g/mol. The molecule has 0 rings (SSSR count). The Hall–Kier alpha value is -1.18. The van der Waals surface area contributed by atoms with E-state index in [4.69, 9.17) is 29.2 Å². The molecule has 0 amide bonds. The van der Waals surface area contributed by atoms with Gasteiger partial charge in [0, 0.05) is 13.2 Å². The summed E-state index contributed by atoms with van der Waals surface area (Å²) in [7, 11) is 0. The van der Waals surface area contributed by atoms with Gasteiger partial charge >= 0.3 is 0 Å². The Labute approximate surface area is 250 Å². The van der Waals surface area contributed by atoms with Crippen LogP contribution in [0, 0.1) is 0 Å². The van der Waals surface area contributed by atoms with Crippen molar-refractivity contribution in [2.24, 2.45) is 0 Å². The van der Waals surface area contributed by atoms with Crippen molar-refractivity contribution in [3.05, 3.63) is 38.2 Å². The maximum absolute atomic E-state index is 8.26. The summed E-state index contributed by atoms with van der Waals surface area (Å²) in [6, 6.07) is 0. The zero-order chi connectivity index (χ0) is 30.6. The molecule has 0 heterocycles. The molecule has 0 spiro atoms. The lowest BCUT2D eigenvalue weighted by Crippen LogP contribution is -2.09. The largest absolute Gasteiger partial charge is 0.502 e. The Balaban J connectivity index is -0.000000279. The molecule has 242 valence electrons. The maximum Gasteiger partial charge on any atom is 0.0873 e. The lowest BCUT2D eigenvalue weighted by Gasteiger charge is -2.03. The van der Waals surface area contributed by atoms with E-state index in [1.54, 1.807) is 18.4 Å². The summed E-state index contributed by atoms with van der Waals surface area (Å²) in [5, 5.41) is 16.5. The number of unbranched alkanes of at least 4 members (excludes halogenated alkanes) is 15. The van der Waals surface area contributed by atoms with Gasteiger partial charge in [0.05, 0.1) is 52.5 Å². The van der Waals surface area contributed by atoms with E-state index in [-0.39, 0.29) is 13.2 Å². The van der Waals surface area contributed by atoms with Crippen LogP contribution >= 0.6 is 0 Å². The first-order valence-electron chi connectivity index (χ1n) is 16.1. The van der Waals surface area contributed by atoms with Gasteiger partial charge < -0.3 is 29.2 Å². The van der Waals surface area contributed by atoms with Gasteiger partial charge in [-0.3, -0.25) is 0 Å². The molecule has 0 aromatic rings. The Morgan fingerprint density at radius 3 is 1.05 bits per heavy atom. The Kier molecular flexibility index (Phi) is 61.8. The molecule has 0 aliphatic carbocycles. The first-order chi connectivity index (χ1) is 19.7. The van der Waals surface area contributed by atoms with Crippen LogP contribution in [0.25, 0.3) is 0 Å². The smallest absolute Gasteiger partial charge is 0.0873 e. The van der Waals surface area contributed by atoms with Crippen LogP contribution < -0.4 is 0 Å². The molecule has 0 aliphatic rings. The summed E-state index contributed by atoms with van der Waals surface area (Å²) in [4.78, 5) is 0. The molecule has 2 N–H and O–H groups in total. The van der Waals surface area contributed by atoms with Crippen molar-refractivity contribution in [2.75, 3.05) is 59.5 Å². The number of aliphatic hydroxyl groups excluding tert-OH is 2. The van der Waals surface area contributed by atoms with Gasteiger partial charge in [-0.2, -0.15) is 0 Å². The van der Waals surface area contributed by atoms with Crippen molar-refractivity contribution >= 4 is 0 Å². The molecular weight excluding hydrogens is 504 g/mol. The van der Waals surface area contributed by atoms with Crippen LogP contribution in [-0.2, 0) is 18.9 Å². The predicted octanol–water partition coefficient (Wildman–Crippen LogP) is 8.81. The van der Waals surface area contributed by atoms with Crippen LogP contribution in [-0.4, -0.2) is 69.7 Å². The van der Waals surface area contributed by atoms with Crippen molar-refractivity contribution in [2.45, 2.75) is 124 Å². The number of hydrogen-bond donors (Lipinski definition) is 2. The molecule has 0 unspecified atom stereocenters. The second-order valence-electron chi connectivity index (χ2n) is 9.27. The summed E-state index contributed by atoms with van der Waals surface area (Å²) in [6.45, 7) is 20.8. The monoisotopic (exact) mass is 575 g/mol. The highest BCUT2D eigenvalue weighted by Gasteiger charge is 1.94. The minimum atomic E-state index is 0.0417. The number of allylic oxidation sites excluding steroid dienone is 2. The number of rotatable bonds is 28. The third-order valence-corrected chi connectivity index (χ3v) is 5.65. The van der Waals surface area contributed by atoms with Crippen LogP contribution in [0.15, 0.2) is 38.2 Å². The average Bonchev–Trinajstić information content (AvgIpc) is 2.98. The third kappa shape index (κ3) is 65.7. The van der Waals surface area contributed by atoms with Gasteiger partial charge in [-0.15, -0.1) is 0 Å². The number of ether oxygens (including phenoxy) is 4. The van der Waals surface area contributed by atoms with Crippen molar-refractivity contribution < 1.29 is 29.2 Å². The molecular formula is C34H70O6. The SMILES string of the molecule is C=CC=C.C=COCCCCCCCCCCCCCCCCCC.CCOCC.OCCOCCOCCO. The van der Waals surface area contributed by atoms with E-state index in [1.807, 2.05) is 13.8 Å². The summed E-state index contributed by atoms with van der Waals surface area (Å²) in [5.41, 5.74) is 0. The van der Waals surface area contributed by atoms with Gasteiger partial charge in [0.15, 0.2) is 0 Å². The Morgan fingerprint density at radius 1 is 0.450 bits per heavy atom. The highest BCUT2D eigenvalue weighted by atomic mass is 16.5. The summed E-state index contributed by atoms with van der Waals surface area (Å²) >= 11 is 0. The van der Waals surface area contributed by atoms with Gasteiger partial charge in [0.2, 0.25) is 0 Å². The fraction of sp³-hybridized carbons (Fsp3) is 0.824.